The minimum Gasteiger partial charge on any atom is -0.478 e. The maximum absolute atomic E-state index is 12.2. The van der Waals surface area contributed by atoms with Gasteiger partial charge in [0.1, 0.15) is 5.15 Å². The fourth-order valence-corrected chi connectivity index (χ4v) is 3.05. The summed E-state index contributed by atoms with van der Waals surface area (Å²) in [6.07, 6.45) is 1.29. The van der Waals surface area contributed by atoms with E-state index in [0.29, 0.717) is 11.3 Å². The summed E-state index contributed by atoms with van der Waals surface area (Å²) in [4.78, 5) is 14.5. The van der Waals surface area contributed by atoms with Crippen molar-refractivity contribution >= 4 is 33.3 Å². The number of sulfonamides is 1. The first kappa shape index (κ1) is 15.3. The smallest absolute Gasteiger partial charge is 0.335 e. The van der Waals surface area contributed by atoms with Crippen molar-refractivity contribution in [3.63, 3.8) is 0 Å². The number of pyridine rings is 1. The van der Waals surface area contributed by atoms with Gasteiger partial charge in [0, 0.05) is 6.20 Å². The Morgan fingerprint density at radius 1 is 1.29 bits per heavy atom. The van der Waals surface area contributed by atoms with E-state index < -0.39 is 16.0 Å². The zero-order valence-corrected chi connectivity index (χ0v) is 12.4. The molecule has 21 heavy (non-hydrogen) atoms. The molecule has 0 bridgehead atoms. The molecule has 2 aromatic rings. The van der Waals surface area contributed by atoms with E-state index in [4.69, 9.17) is 16.7 Å². The van der Waals surface area contributed by atoms with Gasteiger partial charge in [-0.25, -0.2) is 18.2 Å². The Bertz CT molecular complexity index is 806. The molecule has 0 aliphatic carbocycles. The van der Waals surface area contributed by atoms with Crippen molar-refractivity contribution in [3.8, 4) is 0 Å². The zero-order valence-electron chi connectivity index (χ0n) is 10.9. The van der Waals surface area contributed by atoms with Gasteiger partial charge in [-0.15, -0.1) is 0 Å². The molecule has 0 atom stereocenters. The van der Waals surface area contributed by atoms with Crippen LogP contribution in [0.3, 0.4) is 0 Å². The number of aromatic nitrogens is 1. The summed E-state index contributed by atoms with van der Waals surface area (Å²) >= 11 is 5.67. The zero-order chi connectivity index (χ0) is 15.6. The number of aryl methyl sites for hydroxylation is 1. The van der Waals surface area contributed by atoms with Crippen LogP contribution in [0.2, 0.25) is 5.15 Å². The van der Waals surface area contributed by atoms with Crippen LogP contribution in [-0.4, -0.2) is 24.5 Å². The Morgan fingerprint density at radius 3 is 2.57 bits per heavy atom. The first-order chi connectivity index (χ1) is 9.79. The van der Waals surface area contributed by atoms with Crippen molar-refractivity contribution in [3.05, 3.63) is 52.8 Å². The van der Waals surface area contributed by atoms with Crippen LogP contribution in [0.1, 0.15) is 15.9 Å². The van der Waals surface area contributed by atoms with Crippen molar-refractivity contribution in [2.75, 3.05) is 4.72 Å². The van der Waals surface area contributed by atoms with E-state index in [-0.39, 0.29) is 15.6 Å². The van der Waals surface area contributed by atoms with Crippen LogP contribution in [0.5, 0.6) is 0 Å². The van der Waals surface area contributed by atoms with E-state index >= 15 is 0 Å². The van der Waals surface area contributed by atoms with Crippen LogP contribution in [-0.2, 0) is 10.0 Å². The predicted molar refractivity (Wildman–Crippen MR) is 78.2 cm³/mol. The van der Waals surface area contributed by atoms with Crippen LogP contribution in [0, 0.1) is 6.92 Å². The number of anilines is 1. The molecule has 0 aliphatic rings. The number of nitrogens with zero attached hydrogens (tertiary/aromatic N) is 1. The third kappa shape index (κ3) is 3.50. The molecule has 6 nitrogen and oxygen atoms in total. The first-order valence-electron chi connectivity index (χ1n) is 5.78. The highest BCUT2D eigenvalue weighted by molar-refractivity contribution is 7.92. The van der Waals surface area contributed by atoms with E-state index in [1.807, 2.05) is 0 Å². The van der Waals surface area contributed by atoms with E-state index in [0.717, 1.165) is 0 Å². The minimum atomic E-state index is -3.81. The van der Waals surface area contributed by atoms with E-state index in [9.17, 15) is 13.2 Å². The maximum atomic E-state index is 12.2. The third-order valence-electron chi connectivity index (χ3n) is 2.73. The topological polar surface area (TPSA) is 96.4 Å². The molecule has 1 aromatic carbocycles. The van der Waals surface area contributed by atoms with Gasteiger partial charge in [-0.1, -0.05) is 11.6 Å². The summed E-state index contributed by atoms with van der Waals surface area (Å²) in [7, 11) is -3.81. The van der Waals surface area contributed by atoms with Crippen molar-refractivity contribution in [2.24, 2.45) is 0 Å². The summed E-state index contributed by atoms with van der Waals surface area (Å²) in [5.74, 6) is -1.08. The standard InChI is InChI=1S/C13H11ClN2O4S/c1-8-6-9(13(17)18)2-3-11(8)16-21(19,20)10-4-5-15-12(14)7-10/h2-7,16H,1H3,(H,17,18). The van der Waals surface area contributed by atoms with E-state index in [1.165, 1.54) is 36.5 Å². The Labute approximate surface area is 126 Å². The Kier molecular flexibility index (Phi) is 4.15. The molecule has 0 saturated heterocycles. The second-order valence-electron chi connectivity index (χ2n) is 4.25. The molecule has 2 rings (SSSR count). The molecule has 0 saturated carbocycles. The quantitative estimate of drug-likeness (QED) is 0.842. The number of nitrogens with one attached hydrogen (secondary N) is 1. The van der Waals surface area contributed by atoms with Crippen molar-refractivity contribution in [2.45, 2.75) is 11.8 Å². The second kappa shape index (κ2) is 5.71. The number of aromatic carboxylic acids is 1. The summed E-state index contributed by atoms with van der Waals surface area (Å²) in [6.45, 7) is 1.61. The molecular formula is C13H11ClN2O4S. The average molecular weight is 327 g/mol. The number of rotatable bonds is 4. The van der Waals surface area contributed by atoms with Gasteiger partial charge in [0.05, 0.1) is 16.1 Å². The second-order valence-corrected chi connectivity index (χ2v) is 6.32. The summed E-state index contributed by atoms with van der Waals surface area (Å²) in [5.41, 5.74) is 0.883. The molecule has 0 aliphatic heterocycles. The molecule has 1 heterocycles. The van der Waals surface area contributed by atoms with Gasteiger partial charge in [-0.3, -0.25) is 4.72 Å². The van der Waals surface area contributed by atoms with Crippen LogP contribution in [0.15, 0.2) is 41.4 Å². The molecule has 0 radical (unpaired) electrons. The summed E-state index contributed by atoms with van der Waals surface area (Å²) in [6, 6.07) is 6.66. The number of carboxylic acids is 1. The van der Waals surface area contributed by atoms with Crippen molar-refractivity contribution < 1.29 is 18.3 Å². The summed E-state index contributed by atoms with van der Waals surface area (Å²) in [5, 5.41) is 8.95. The van der Waals surface area contributed by atoms with E-state index in [2.05, 4.69) is 9.71 Å². The lowest BCUT2D eigenvalue weighted by atomic mass is 10.1. The van der Waals surface area contributed by atoms with Gasteiger partial charge in [-0.2, -0.15) is 0 Å². The number of halogens is 1. The summed E-state index contributed by atoms with van der Waals surface area (Å²) < 4.78 is 26.8. The normalized spacial score (nSPS) is 11.1. The van der Waals surface area contributed by atoms with Gasteiger partial charge in [0.2, 0.25) is 0 Å². The average Bonchev–Trinajstić information content (AvgIpc) is 2.40. The van der Waals surface area contributed by atoms with Gasteiger partial charge < -0.3 is 5.11 Å². The molecule has 0 fully saturated rings. The van der Waals surface area contributed by atoms with Crippen LogP contribution in [0.25, 0.3) is 0 Å². The largest absolute Gasteiger partial charge is 0.478 e. The molecule has 1 aromatic heterocycles. The van der Waals surface area contributed by atoms with Crippen LogP contribution in [0.4, 0.5) is 5.69 Å². The SMILES string of the molecule is Cc1cc(C(=O)O)ccc1NS(=O)(=O)c1ccnc(Cl)c1. The maximum Gasteiger partial charge on any atom is 0.335 e. The molecule has 0 spiro atoms. The molecular weight excluding hydrogens is 316 g/mol. The molecule has 8 heteroatoms. The first-order valence-corrected chi connectivity index (χ1v) is 7.64. The van der Waals surface area contributed by atoms with Crippen molar-refractivity contribution in [1.29, 1.82) is 0 Å². The van der Waals surface area contributed by atoms with Gasteiger partial charge in [-0.05, 0) is 42.8 Å². The fourth-order valence-electron chi connectivity index (χ4n) is 1.67. The van der Waals surface area contributed by atoms with E-state index in [1.54, 1.807) is 6.92 Å². The third-order valence-corrected chi connectivity index (χ3v) is 4.30. The van der Waals surface area contributed by atoms with Crippen molar-refractivity contribution in [1.82, 2.24) is 4.98 Å². The number of carboxylic acid groups (broad SMARTS) is 1. The fraction of sp³-hybridized carbons (Fsp3) is 0.0769. The van der Waals surface area contributed by atoms with Crippen LogP contribution >= 0.6 is 11.6 Å². The van der Waals surface area contributed by atoms with Gasteiger partial charge in [0.15, 0.2) is 0 Å². The lowest BCUT2D eigenvalue weighted by molar-refractivity contribution is 0.0697. The molecule has 2 N–H and O–H groups in total. The minimum absolute atomic E-state index is 0.0239. The van der Waals surface area contributed by atoms with Gasteiger partial charge >= 0.3 is 5.97 Å². The lowest BCUT2D eigenvalue weighted by Gasteiger charge is -2.11. The van der Waals surface area contributed by atoms with Crippen LogP contribution < -0.4 is 4.72 Å². The lowest BCUT2D eigenvalue weighted by Crippen LogP contribution is -2.14. The Morgan fingerprint density at radius 2 is 2.00 bits per heavy atom. The Balaban J connectivity index is 2.35. The molecule has 0 unspecified atom stereocenters. The Hall–Kier alpha value is -2.12. The number of benzene rings is 1. The highest BCUT2D eigenvalue weighted by atomic mass is 35.5. The monoisotopic (exact) mass is 326 g/mol. The highest BCUT2D eigenvalue weighted by Crippen LogP contribution is 2.21. The molecule has 110 valence electrons. The predicted octanol–water partition coefficient (Wildman–Crippen LogP) is 2.54. The highest BCUT2D eigenvalue weighted by Gasteiger charge is 2.16. The number of carbonyl (C=O) groups is 1. The van der Waals surface area contributed by atoms with Gasteiger partial charge in [0.25, 0.3) is 10.0 Å². The number of hydrogen-bond donors (Lipinski definition) is 2. The number of hydrogen-bond acceptors (Lipinski definition) is 4. The molecule has 0 amide bonds.